The molecule has 3 atom stereocenters. The molecule has 0 fully saturated rings. The Hall–Kier alpha value is -3.44. The summed E-state index contributed by atoms with van der Waals surface area (Å²) in [5.74, 6) is 5.02. The maximum Gasteiger partial charge on any atom is 0.259 e. The van der Waals surface area contributed by atoms with E-state index in [1.807, 2.05) is 6.92 Å². The van der Waals surface area contributed by atoms with E-state index in [0.717, 1.165) is 0 Å². The summed E-state index contributed by atoms with van der Waals surface area (Å²) in [6.07, 6.45) is 1.09. The van der Waals surface area contributed by atoms with E-state index < -0.39 is 12.1 Å². The lowest BCUT2D eigenvalue weighted by atomic mass is 10.00. The molecule has 1 aliphatic rings. The van der Waals surface area contributed by atoms with Crippen molar-refractivity contribution in [3.05, 3.63) is 59.0 Å². The molecule has 174 valence electrons. The van der Waals surface area contributed by atoms with Crippen molar-refractivity contribution in [2.75, 3.05) is 26.7 Å². The molecule has 0 saturated heterocycles. The summed E-state index contributed by atoms with van der Waals surface area (Å²) in [6.45, 7) is 5.66. The number of carbonyl (C=O) groups is 2. The second-order valence-electron chi connectivity index (χ2n) is 8.36. The molecule has 1 N–H and O–H groups in total. The minimum atomic E-state index is -0.417. The molecule has 2 aromatic rings. The topological polar surface area (TPSA) is 83.0 Å². The van der Waals surface area contributed by atoms with Gasteiger partial charge in [0.1, 0.15) is 17.5 Å². The van der Waals surface area contributed by atoms with Gasteiger partial charge in [0.15, 0.2) is 0 Å². The summed E-state index contributed by atoms with van der Waals surface area (Å²) >= 11 is 0. The highest BCUT2D eigenvalue weighted by atomic mass is 19.1. The summed E-state index contributed by atoms with van der Waals surface area (Å²) in [6, 6.07) is 7.10. The first kappa shape index (κ1) is 24.2. The van der Waals surface area contributed by atoms with Gasteiger partial charge < -0.3 is 19.6 Å². The molecule has 1 aromatic carbocycles. The van der Waals surface area contributed by atoms with Crippen LogP contribution in [0.3, 0.4) is 0 Å². The molecule has 0 saturated carbocycles. The van der Waals surface area contributed by atoms with Crippen LogP contribution in [0.1, 0.15) is 42.3 Å². The van der Waals surface area contributed by atoms with Crippen LogP contribution in [0.2, 0.25) is 0 Å². The first-order chi connectivity index (χ1) is 15.7. The summed E-state index contributed by atoms with van der Waals surface area (Å²) in [5.41, 5.74) is 1.20. The van der Waals surface area contributed by atoms with Crippen LogP contribution in [0, 0.1) is 23.6 Å². The van der Waals surface area contributed by atoms with Gasteiger partial charge in [-0.05, 0) is 31.2 Å². The molecule has 2 heterocycles. The number of likely N-dealkylation sites (N-methyl/N-ethyl adjacent to an activating group) is 1. The Kier molecular flexibility index (Phi) is 7.67. The number of aliphatic hydroxyl groups excluding tert-OH is 1. The fourth-order valence-corrected chi connectivity index (χ4v) is 3.50. The lowest BCUT2D eigenvalue weighted by Crippen LogP contribution is -2.50. The van der Waals surface area contributed by atoms with Crippen LogP contribution in [0.15, 0.2) is 36.5 Å². The average Bonchev–Trinajstić information content (AvgIpc) is 2.79. The highest BCUT2D eigenvalue weighted by Crippen LogP contribution is 2.27. The summed E-state index contributed by atoms with van der Waals surface area (Å²) in [7, 11) is 1.69. The van der Waals surface area contributed by atoms with E-state index in [-0.39, 0.29) is 41.6 Å². The quantitative estimate of drug-likeness (QED) is 0.719. The van der Waals surface area contributed by atoms with Crippen LogP contribution in [-0.2, 0) is 4.79 Å². The van der Waals surface area contributed by atoms with E-state index >= 15 is 0 Å². The third-order valence-electron chi connectivity index (χ3n) is 5.69. The first-order valence-electron chi connectivity index (χ1n) is 10.8. The average molecular weight is 454 g/mol. The number of fused-ring (bicyclic) bond motifs is 1. The van der Waals surface area contributed by atoms with Crippen LogP contribution in [-0.4, -0.2) is 70.6 Å². The van der Waals surface area contributed by atoms with E-state index in [1.165, 1.54) is 25.3 Å². The smallest absolute Gasteiger partial charge is 0.259 e. The van der Waals surface area contributed by atoms with Crippen molar-refractivity contribution in [3.63, 3.8) is 0 Å². The van der Waals surface area contributed by atoms with Gasteiger partial charge in [-0.3, -0.25) is 9.59 Å². The van der Waals surface area contributed by atoms with Crippen molar-refractivity contribution >= 4 is 11.8 Å². The highest BCUT2D eigenvalue weighted by Gasteiger charge is 2.34. The van der Waals surface area contributed by atoms with Gasteiger partial charge in [-0.1, -0.05) is 24.8 Å². The molecule has 0 bridgehead atoms. The molecule has 0 spiro atoms. The number of hydrogen-bond acceptors (Lipinski definition) is 5. The number of amides is 2. The maximum absolute atomic E-state index is 13.4. The van der Waals surface area contributed by atoms with Gasteiger partial charge in [-0.15, -0.1) is 0 Å². The maximum atomic E-state index is 13.4. The van der Waals surface area contributed by atoms with E-state index in [4.69, 9.17) is 4.74 Å². The van der Waals surface area contributed by atoms with E-state index in [0.29, 0.717) is 24.2 Å². The molecular formula is C25H28FN3O4. The molecule has 1 aromatic heterocycles. The Morgan fingerprint density at radius 1 is 1.36 bits per heavy atom. The van der Waals surface area contributed by atoms with Crippen molar-refractivity contribution in [1.82, 2.24) is 14.8 Å². The number of aliphatic hydroxyl groups is 1. The van der Waals surface area contributed by atoms with Crippen LogP contribution < -0.4 is 4.74 Å². The van der Waals surface area contributed by atoms with E-state index in [1.54, 1.807) is 42.0 Å². The third-order valence-corrected chi connectivity index (χ3v) is 5.69. The number of nitrogens with zero attached hydrogens (tertiary/aromatic N) is 3. The molecule has 7 nitrogen and oxygen atoms in total. The predicted octanol–water partition coefficient (Wildman–Crippen LogP) is 2.32. The largest absolute Gasteiger partial charge is 0.472 e. The second kappa shape index (κ2) is 10.5. The molecule has 0 radical (unpaired) electrons. The minimum absolute atomic E-state index is 0.0966. The number of rotatable bonds is 4. The summed E-state index contributed by atoms with van der Waals surface area (Å²) in [5, 5.41) is 9.73. The Labute approximate surface area is 193 Å². The Bertz CT molecular complexity index is 1090. The van der Waals surface area contributed by atoms with Crippen LogP contribution >= 0.6 is 0 Å². The zero-order chi connectivity index (χ0) is 24.1. The van der Waals surface area contributed by atoms with Crippen molar-refractivity contribution in [2.45, 2.75) is 32.9 Å². The normalized spacial score (nSPS) is 18.7. The summed E-state index contributed by atoms with van der Waals surface area (Å²) < 4.78 is 19.5. The Morgan fingerprint density at radius 3 is 2.76 bits per heavy atom. The number of aromatic nitrogens is 1. The predicted molar refractivity (Wildman–Crippen MR) is 121 cm³/mol. The van der Waals surface area contributed by atoms with Gasteiger partial charge in [0.2, 0.25) is 11.8 Å². The van der Waals surface area contributed by atoms with E-state index in [2.05, 4.69) is 16.8 Å². The first-order valence-corrected chi connectivity index (χ1v) is 10.8. The molecule has 0 aliphatic carbocycles. The number of ether oxygens (including phenoxy) is 1. The molecule has 2 amide bonds. The number of halogens is 1. The van der Waals surface area contributed by atoms with Crippen molar-refractivity contribution in [2.24, 2.45) is 5.92 Å². The molecule has 0 unspecified atom stereocenters. The van der Waals surface area contributed by atoms with Crippen LogP contribution in [0.5, 0.6) is 5.88 Å². The second-order valence-corrected chi connectivity index (χ2v) is 8.36. The van der Waals surface area contributed by atoms with Gasteiger partial charge >= 0.3 is 0 Å². The number of carbonyl (C=O) groups excluding carboxylic acids is 2. The lowest BCUT2D eigenvalue weighted by molar-refractivity contribution is -0.129. The Balaban J connectivity index is 2.00. The van der Waals surface area contributed by atoms with Gasteiger partial charge in [0, 0.05) is 43.8 Å². The zero-order valence-corrected chi connectivity index (χ0v) is 19.2. The number of hydrogen-bond donors (Lipinski definition) is 1. The van der Waals surface area contributed by atoms with Crippen molar-refractivity contribution in [1.29, 1.82) is 0 Å². The fourth-order valence-electron chi connectivity index (χ4n) is 3.50. The van der Waals surface area contributed by atoms with Crippen LogP contribution in [0.25, 0.3) is 0 Å². The molecule has 8 heteroatoms. The van der Waals surface area contributed by atoms with Crippen molar-refractivity contribution in [3.8, 4) is 17.7 Å². The lowest BCUT2D eigenvalue weighted by Gasteiger charge is -2.37. The van der Waals surface area contributed by atoms with Gasteiger partial charge in [-0.2, -0.15) is 0 Å². The SMILES string of the molecule is CC(=O)N(C)C[C@@H]1Oc2ncc(C#Cc3cccc(F)c3)cc2C(=O)N([C@H](C)CO)C[C@@H]1C. The molecular weight excluding hydrogens is 425 g/mol. The summed E-state index contributed by atoms with van der Waals surface area (Å²) in [4.78, 5) is 32.6. The van der Waals surface area contributed by atoms with E-state index in [9.17, 15) is 19.1 Å². The molecule has 3 rings (SSSR count). The molecule has 33 heavy (non-hydrogen) atoms. The zero-order valence-electron chi connectivity index (χ0n) is 19.2. The van der Waals surface area contributed by atoms with Gasteiger partial charge in [0.05, 0.1) is 19.2 Å². The standard InChI is InChI=1S/C25H28FN3O4/c1-16-13-29(17(2)15-30)25(32)22-11-20(9-8-19-6-5-7-21(26)10-19)12-27-24(22)33-23(16)14-28(4)18(3)31/h5-7,10-12,16-17,23,30H,13-15H2,1-4H3/t16-,17+,23-/m0/s1. The fraction of sp³-hybridized carbons (Fsp3) is 0.400. The van der Waals surface area contributed by atoms with Crippen molar-refractivity contribution < 1.29 is 23.8 Å². The number of pyridine rings is 1. The van der Waals surface area contributed by atoms with Gasteiger partial charge in [0.25, 0.3) is 5.91 Å². The Morgan fingerprint density at radius 2 is 2.09 bits per heavy atom. The number of benzene rings is 1. The molecule has 1 aliphatic heterocycles. The van der Waals surface area contributed by atoms with Gasteiger partial charge in [-0.25, -0.2) is 9.37 Å². The minimum Gasteiger partial charge on any atom is -0.472 e. The highest BCUT2D eigenvalue weighted by molar-refractivity contribution is 5.97. The van der Waals surface area contributed by atoms with Crippen LogP contribution in [0.4, 0.5) is 4.39 Å². The monoisotopic (exact) mass is 453 g/mol. The third kappa shape index (κ3) is 5.88.